The molecule has 3 rings (SSSR count). The van der Waals surface area contributed by atoms with E-state index in [1.165, 1.54) is 0 Å². The average Bonchev–Trinajstić information content (AvgIpc) is 2.55. The molecule has 6 nitrogen and oxygen atoms in total. The van der Waals surface area contributed by atoms with Gasteiger partial charge in [-0.05, 0) is 25.0 Å². The van der Waals surface area contributed by atoms with Gasteiger partial charge < -0.3 is 15.5 Å². The Bertz CT molecular complexity index is 637. The molecule has 2 heterocycles. The van der Waals surface area contributed by atoms with E-state index < -0.39 is 0 Å². The summed E-state index contributed by atoms with van der Waals surface area (Å²) in [5.41, 5.74) is 1.83. The normalized spacial score (nSPS) is 16.0. The van der Waals surface area contributed by atoms with Gasteiger partial charge in [-0.3, -0.25) is 4.98 Å². The molecule has 0 aliphatic carbocycles. The molecule has 1 aliphatic heterocycles. The van der Waals surface area contributed by atoms with Gasteiger partial charge in [0.15, 0.2) is 0 Å². The van der Waals surface area contributed by atoms with Crippen LogP contribution in [0.15, 0.2) is 30.5 Å². The summed E-state index contributed by atoms with van der Waals surface area (Å²) in [5, 5.41) is 5.55. The number of benzene rings is 1. The molecule has 6 heteroatoms. The minimum absolute atomic E-state index is 0.112. The molecule has 1 aromatic heterocycles. The molecule has 2 aromatic rings. The topological polar surface area (TPSA) is 70.2 Å². The number of anilines is 1. The number of fused-ring (bicyclic) bond motifs is 1. The van der Waals surface area contributed by atoms with Crippen molar-refractivity contribution in [1.82, 2.24) is 20.6 Å². The SMILES string of the molecule is CNC(=O)NC1CCN(c2cnc3ccccc3n2)CC1. The van der Waals surface area contributed by atoms with Gasteiger partial charge in [0, 0.05) is 26.2 Å². The van der Waals surface area contributed by atoms with Crippen molar-refractivity contribution in [2.75, 3.05) is 25.0 Å². The van der Waals surface area contributed by atoms with Crippen molar-refractivity contribution in [3.8, 4) is 0 Å². The zero-order chi connectivity index (χ0) is 14.7. The van der Waals surface area contributed by atoms with Crippen molar-refractivity contribution in [2.24, 2.45) is 0 Å². The molecule has 1 aliphatic rings. The van der Waals surface area contributed by atoms with Crippen LogP contribution in [0, 0.1) is 0 Å². The highest BCUT2D eigenvalue weighted by Crippen LogP contribution is 2.19. The number of carbonyl (C=O) groups excluding carboxylic acids is 1. The van der Waals surface area contributed by atoms with E-state index in [-0.39, 0.29) is 12.1 Å². The van der Waals surface area contributed by atoms with Gasteiger partial charge in [-0.1, -0.05) is 12.1 Å². The largest absolute Gasteiger partial charge is 0.355 e. The van der Waals surface area contributed by atoms with Crippen molar-refractivity contribution in [3.63, 3.8) is 0 Å². The highest BCUT2D eigenvalue weighted by atomic mass is 16.2. The van der Waals surface area contributed by atoms with Crippen molar-refractivity contribution < 1.29 is 4.79 Å². The van der Waals surface area contributed by atoms with Crippen LogP contribution in [-0.4, -0.2) is 42.2 Å². The lowest BCUT2D eigenvalue weighted by atomic mass is 10.1. The van der Waals surface area contributed by atoms with E-state index in [1.54, 1.807) is 7.05 Å². The van der Waals surface area contributed by atoms with Gasteiger partial charge in [0.25, 0.3) is 0 Å². The van der Waals surface area contributed by atoms with Crippen LogP contribution in [0.5, 0.6) is 0 Å². The molecule has 1 aromatic carbocycles. The Labute approximate surface area is 123 Å². The number of hydrogen-bond acceptors (Lipinski definition) is 4. The standard InChI is InChI=1S/C15H19N5O/c1-16-15(21)18-11-6-8-20(9-7-11)14-10-17-12-4-2-3-5-13(12)19-14/h2-5,10-11H,6-9H2,1H3,(H2,16,18,21). The number of nitrogens with zero attached hydrogens (tertiary/aromatic N) is 3. The van der Waals surface area contributed by atoms with Gasteiger partial charge >= 0.3 is 6.03 Å². The number of urea groups is 1. The second-order valence-corrected chi connectivity index (χ2v) is 5.20. The van der Waals surface area contributed by atoms with E-state index in [1.807, 2.05) is 30.5 Å². The molecule has 0 unspecified atom stereocenters. The summed E-state index contributed by atoms with van der Waals surface area (Å²) in [6.45, 7) is 1.75. The summed E-state index contributed by atoms with van der Waals surface area (Å²) in [5.74, 6) is 0.909. The van der Waals surface area contributed by atoms with E-state index in [0.29, 0.717) is 0 Å². The van der Waals surface area contributed by atoms with Gasteiger partial charge in [-0.15, -0.1) is 0 Å². The summed E-state index contributed by atoms with van der Waals surface area (Å²) >= 11 is 0. The van der Waals surface area contributed by atoms with Crippen LogP contribution in [0.3, 0.4) is 0 Å². The molecule has 1 saturated heterocycles. The zero-order valence-electron chi connectivity index (χ0n) is 12.0. The van der Waals surface area contributed by atoms with E-state index >= 15 is 0 Å². The molecule has 110 valence electrons. The van der Waals surface area contributed by atoms with Gasteiger partial charge in [-0.2, -0.15) is 0 Å². The maximum atomic E-state index is 11.3. The maximum Gasteiger partial charge on any atom is 0.314 e. The third-order valence-electron chi connectivity index (χ3n) is 3.82. The first-order valence-electron chi connectivity index (χ1n) is 7.21. The number of aromatic nitrogens is 2. The lowest BCUT2D eigenvalue weighted by Crippen LogP contribution is -2.47. The summed E-state index contributed by atoms with van der Waals surface area (Å²) in [6.07, 6.45) is 3.67. The summed E-state index contributed by atoms with van der Waals surface area (Å²) in [6, 6.07) is 8.00. The van der Waals surface area contributed by atoms with Gasteiger partial charge in [0.1, 0.15) is 5.82 Å². The van der Waals surface area contributed by atoms with Gasteiger partial charge in [-0.25, -0.2) is 9.78 Å². The zero-order valence-corrected chi connectivity index (χ0v) is 12.0. The fraction of sp³-hybridized carbons (Fsp3) is 0.400. The minimum Gasteiger partial charge on any atom is -0.355 e. The monoisotopic (exact) mass is 285 g/mol. The third kappa shape index (κ3) is 3.04. The number of carbonyl (C=O) groups is 1. The van der Waals surface area contributed by atoms with E-state index in [2.05, 4.69) is 25.5 Å². The summed E-state index contributed by atoms with van der Waals surface area (Å²) in [7, 11) is 1.63. The molecular weight excluding hydrogens is 266 g/mol. The van der Waals surface area contributed by atoms with Crippen LogP contribution < -0.4 is 15.5 Å². The maximum absolute atomic E-state index is 11.3. The molecule has 0 saturated carbocycles. The van der Waals surface area contributed by atoms with Crippen molar-refractivity contribution in [2.45, 2.75) is 18.9 Å². The van der Waals surface area contributed by atoms with Crippen molar-refractivity contribution in [1.29, 1.82) is 0 Å². The van der Waals surface area contributed by atoms with Crippen LogP contribution in [0.1, 0.15) is 12.8 Å². The van der Waals surface area contributed by atoms with Crippen LogP contribution in [0.25, 0.3) is 11.0 Å². The van der Waals surface area contributed by atoms with E-state index in [0.717, 1.165) is 42.8 Å². The Kier molecular flexibility index (Phi) is 3.85. The number of nitrogens with one attached hydrogen (secondary N) is 2. The first-order valence-corrected chi connectivity index (χ1v) is 7.21. The van der Waals surface area contributed by atoms with Crippen molar-refractivity contribution >= 4 is 22.9 Å². The number of amides is 2. The molecule has 0 atom stereocenters. The Morgan fingerprint density at radius 3 is 2.67 bits per heavy atom. The summed E-state index contributed by atoms with van der Waals surface area (Å²) < 4.78 is 0. The number of hydrogen-bond donors (Lipinski definition) is 2. The predicted molar refractivity (Wildman–Crippen MR) is 82.4 cm³/mol. The molecular formula is C15H19N5O. The molecule has 2 amide bonds. The molecule has 0 bridgehead atoms. The van der Waals surface area contributed by atoms with E-state index in [4.69, 9.17) is 0 Å². The number of para-hydroxylation sites is 2. The molecule has 1 fully saturated rings. The summed E-state index contributed by atoms with van der Waals surface area (Å²) in [4.78, 5) is 22.7. The van der Waals surface area contributed by atoms with Crippen LogP contribution in [0.4, 0.5) is 10.6 Å². The third-order valence-corrected chi connectivity index (χ3v) is 3.82. The lowest BCUT2D eigenvalue weighted by Gasteiger charge is -2.32. The highest BCUT2D eigenvalue weighted by molar-refractivity contribution is 5.75. The number of piperidine rings is 1. The average molecular weight is 285 g/mol. The predicted octanol–water partition coefficient (Wildman–Crippen LogP) is 1.53. The smallest absolute Gasteiger partial charge is 0.314 e. The Morgan fingerprint density at radius 1 is 1.24 bits per heavy atom. The Hall–Kier alpha value is -2.37. The first kappa shape index (κ1) is 13.6. The Morgan fingerprint density at radius 2 is 1.95 bits per heavy atom. The van der Waals surface area contributed by atoms with Crippen LogP contribution in [0.2, 0.25) is 0 Å². The van der Waals surface area contributed by atoms with Gasteiger partial charge in [0.2, 0.25) is 0 Å². The second-order valence-electron chi connectivity index (χ2n) is 5.20. The molecule has 0 radical (unpaired) electrons. The first-order chi connectivity index (χ1) is 10.3. The molecule has 2 N–H and O–H groups in total. The van der Waals surface area contributed by atoms with E-state index in [9.17, 15) is 4.79 Å². The molecule has 21 heavy (non-hydrogen) atoms. The minimum atomic E-state index is -0.112. The fourth-order valence-corrected chi connectivity index (χ4v) is 2.61. The lowest BCUT2D eigenvalue weighted by molar-refractivity contribution is 0.236. The second kappa shape index (κ2) is 5.95. The van der Waals surface area contributed by atoms with Crippen LogP contribution >= 0.6 is 0 Å². The fourth-order valence-electron chi connectivity index (χ4n) is 2.61. The number of rotatable bonds is 2. The van der Waals surface area contributed by atoms with Crippen LogP contribution in [-0.2, 0) is 0 Å². The molecule has 0 spiro atoms. The highest BCUT2D eigenvalue weighted by Gasteiger charge is 2.21. The van der Waals surface area contributed by atoms with Gasteiger partial charge in [0.05, 0.1) is 17.2 Å². The quantitative estimate of drug-likeness (QED) is 0.878. The Balaban J connectivity index is 1.66. The van der Waals surface area contributed by atoms with Crippen molar-refractivity contribution in [3.05, 3.63) is 30.5 Å².